The fourth-order valence-corrected chi connectivity index (χ4v) is 2.41. The summed E-state index contributed by atoms with van der Waals surface area (Å²) < 4.78 is 25.7. The van der Waals surface area contributed by atoms with Crippen molar-refractivity contribution in [2.75, 3.05) is 20.1 Å². The van der Waals surface area contributed by atoms with Crippen LogP contribution in [0.25, 0.3) is 0 Å². The minimum atomic E-state index is -1.72. The minimum absolute atomic E-state index is 0.199. The molecule has 0 heterocycles. The Morgan fingerprint density at radius 2 is 1.92 bits per heavy atom. The number of hydrogen-bond acceptors (Lipinski definition) is 6. The summed E-state index contributed by atoms with van der Waals surface area (Å²) in [5.41, 5.74) is 0.791. The van der Waals surface area contributed by atoms with Gasteiger partial charge in [0.15, 0.2) is 6.66 Å². The Hall–Kier alpha value is -1.69. The van der Waals surface area contributed by atoms with Crippen molar-refractivity contribution in [1.29, 1.82) is 0 Å². The summed E-state index contributed by atoms with van der Waals surface area (Å²) in [6.07, 6.45) is 0.584. The summed E-state index contributed by atoms with van der Waals surface area (Å²) in [5, 5.41) is 3.23. The normalized spacial score (nSPS) is 12.2. The van der Waals surface area contributed by atoms with Crippen molar-refractivity contribution in [3.8, 4) is 0 Å². The van der Waals surface area contributed by atoms with Crippen LogP contribution in [0.2, 0.25) is 5.02 Å². The molecule has 0 fully saturated rings. The molecule has 138 valence electrons. The van der Waals surface area contributed by atoms with Crippen molar-refractivity contribution in [3.05, 3.63) is 34.9 Å². The molecule has 9 heteroatoms. The smallest absolute Gasteiger partial charge is 0.428 e. The Labute approximate surface area is 152 Å². The number of nitrogens with one attached hydrogen (secondary N) is 1. The fraction of sp³-hybridized carbons (Fsp3) is 0.500. The summed E-state index contributed by atoms with van der Waals surface area (Å²) in [7, 11) is -1.72. The highest BCUT2D eigenvalue weighted by molar-refractivity contribution is 7.38. The van der Waals surface area contributed by atoms with Gasteiger partial charge in [-0.25, -0.2) is 4.79 Å². The molecule has 0 bridgehead atoms. The zero-order valence-corrected chi connectivity index (χ0v) is 15.8. The highest BCUT2D eigenvalue weighted by atomic mass is 35.5. The van der Waals surface area contributed by atoms with Gasteiger partial charge in [-0.1, -0.05) is 30.7 Å². The van der Waals surface area contributed by atoms with Crippen molar-refractivity contribution in [1.82, 2.24) is 5.32 Å². The van der Waals surface area contributed by atoms with Crippen LogP contribution in [0, 0.1) is 0 Å². The number of hydrogen-bond donors (Lipinski definition) is 1. The molecule has 0 spiro atoms. The minimum Gasteiger partial charge on any atom is -0.428 e. The Balaban J connectivity index is 2.56. The predicted octanol–water partition coefficient (Wildman–Crippen LogP) is 4.19. The van der Waals surface area contributed by atoms with Crippen LogP contribution in [0.4, 0.5) is 4.79 Å². The lowest BCUT2D eigenvalue weighted by Gasteiger charge is -2.18. The van der Waals surface area contributed by atoms with E-state index in [2.05, 4.69) is 5.32 Å². The predicted molar refractivity (Wildman–Crippen MR) is 93.8 cm³/mol. The van der Waals surface area contributed by atoms with Crippen LogP contribution >= 0.6 is 19.6 Å². The lowest BCUT2D eigenvalue weighted by Crippen LogP contribution is -2.30. The van der Waals surface area contributed by atoms with Crippen LogP contribution in [-0.2, 0) is 23.4 Å². The van der Waals surface area contributed by atoms with Gasteiger partial charge in [-0.2, -0.15) is 0 Å². The van der Waals surface area contributed by atoms with Crippen molar-refractivity contribution in [2.45, 2.75) is 32.2 Å². The Kier molecular flexibility index (Phi) is 10.1. The third-order valence-corrected chi connectivity index (χ3v) is 3.91. The third-order valence-electron chi connectivity index (χ3n) is 3.11. The summed E-state index contributed by atoms with van der Waals surface area (Å²) >= 11 is 5.87. The number of carbonyl (C=O) groups is 2. The molecule has 2 unspecified atom stereocenters. The second-order valence-corrected chi connectivity index (χ2v) is 6.70. The molecule has 0 aromatic heterocycles. The van der Waals surface area contributed by atoms with E-state index in [9.17, 15) is 14.2 Å². The SMILES string of the molecule is CCCC(=O)OCOC(=O)NC(CCO[P+](C)=O)c1ccc(Cl)cc1. The molecule has 1 N–H and O–H groups in total. The van der Waals surface area contributed by atoms with E-state index in [4.69, 9.17) is 25.6 Å². The van der Waals surface area contributed by atoms with Gasteiger partial charge in [0, 0.05) is 17.9 Å². The molecule has 1 amide bonds. The molecule has 0 radical (unpaired) electrons. The van der Waals surface area contributed by atoms with E-state index in [1.165, 1.54) is 6.66 Å². The summed E-state index contributed by atoms with van der Waals surface area (Å²) in [6, 6.07) is 6.50. The molecule has 0 saturated carbocycles. The molecule has 0 aliphatic heterocycles. The number of halogens is 1. The number of amides is 1. The lowest BCUT2D eigenvalue weighted by atomic mass is 10.0. The van der Waals surface area contributed by atoms with E-state index in [1.54, 1.807) is 24.3 Å². The van der Waals surface area contributed by atoms with Gasteiger partial charge in [-0.05, 0) is 28.7 Å². The zero-order chi connectivity index (χ0) is 18.7. The highest BCUT2D eigenvalue weighted by Crippen LogP contribution is 2.22. The Morgan fingerprint density at radius 3 is 2.52 bits per heavy atom. The van der Waals surface area contributed by atoms with Gasteiger partial charge in [0.25, 0.3) is 0 Å². The lowest BCUT2D eigenvalue weighted by molar-refractivity contribution is -0.151. The Morgan fingerprint density at radius 1 is 1.24 bits per heavy atom. The van der Waals surface area contributed by atoms with Crippen LogP contribution in [0.1, 0.15) is 37.8 Å². The van der Waals surface area contributed by atoms with Gasteiger partial charge in [0.2, 0.25) is 6.79 Å². The van der Waals surface area contributed by atoms with Crippen LogP contribution in [0.5, 0.6) is 0 Å². The van der Waals surface area contributed by atoms with E-state index in [1.807, 2.05) is 6.92 Å². The standard InChI is InChI=1S/C16H21ClNO6P/c1-3-4-15(19)22-11-23-16(20)18-14(9-10-24-25(2)21)12-5-7-13(17)8-6-12/h5-8,14H,3-4,9-11H2,1-2H3/p+1. The van der Waals surface area contributed by atoms with Crippen LogP contribution in [0.15, 0.2) is 24.3 Å². The maximum absolute atomic E-state index is 11.9. The van der Waals surface area contributed by atoms with Crippen LogP contribution in [-0.4, -0.2) is 32.1 Å². The average Bonchev–Trinajstić information content (AvgIpc) is 2.54. The van der Waals surface area contributed by atoms with E-state index < -0.39 is 32.9 Å². The fourth-order valence-electron chi connectivity index (χ4n) is 1.93. The third kappa shape index (κ3) is 9.39. The maximum Gasteiger partial charge on any atom is 0.504 e. The van der Waals surface area contributed by atoms with Gasteiger partial charge in [0.05, 0.1) is 6.04 Å². The molecule has 7 nitrogen and oxygen atoms in total. The molecule has 1 aromatic rings. The van der Waals surface area contributed by atoms with Crippen LogP contribution in [0.3, 0.4) is 0 Å². The molecule has 25 heavy (non-hydrogen) atoms. The largest absolute Gasteiger partial charge is 0.504 e. The molecule has 1 aromatic carbocycles. The summed E-state index contributed by atoms with van der Waals surface area (Å²) in [6.45, 7) is 3.05. The number of esters is 1. The first kappa shape index (κ1) is 21.4. The number of ether oxygens (including phenoxy) is 2. The average molecular weight is 391 g/mol. The zero-order valence-electron chi connectivity index (χ0n) is 14.2. The van der Waals surface area contributed by atoms with Crippen molar-refractivity contribution < 1.29 is 28.2 Å². The quantitative estimate of drug-likeness (QED) is 0.366. The second kappa shape index (κ2) is 11.8. The van der Waals surface area contributed by atoms with E-state index in [0.29, 0.717) is 17.9 Å². The first-order chi connectivity index (χ1) is 11.9. The molecule has 0 aliphatic rings. The van der Waals surface area contributed by atoms with Crippen LogP contribution < -0.4 is 5.32 Å². The maximum atomic E-state index is 11.9. The highest BCUT2D eigenvalue weighted by Gasteiger charge is 2.18. The van der Waals surface area contributed by atoms with E-state index in [-0.39, 0.29) is 13.0 Å². The molecular formula is C16H22ClNO6P+. The second-order valence-electron chi connectivity index (χ2n) is 5.13. The van der Waals surface area contributed by atoms with Crippen molar-refractivity contribution in [3.63, 3.8) is 0 Å². The first-order valence-electron chi connectivity index (χ1n) is 7.80. The number of benzene rings is 1. The summed E-state index contributed by atoms with van der Waals surface area (Å²) in [4.78, 5) is 23.1. The van der Waals surface area contributed by atoms with Gasteiger partial charge in [-0.3, -0.25) is 4.79 Å². The first-order valence-corrected chi connectivity index (χ1v) is 9.80. The topological polar surface area (TPSA) is 90.9 Å². The molecule has 0 saturated heterocycles. The van der Waals surface area contributed by atoms with Gasteiger partial charge < -0.3 is 14.8 Å². The number of carbonyl (C=O) groups excluding carboxylic acids is 2. The van der Waals surface area contributed by atoms with Crippen molar-refractivity contribution >= 4 is 31.7 Å². The van der Waals surface area contributed by atoms with E-state index >= 15 is 0 Å². The van der Waals surface area contributed by atoms with Crippen molar-refractivity contribution in [2.24, 2.45) is 0 Å². The molecular weight excluding hydrogens is 369 g/mol. The molecule has 0 aliphatic carbocycles. The number of alkyl carbamates (subject to hydrolysis) is 1. The number of rotatable bonds is 10. The van der Waals surface area contributed by atoms with Gasteiger partial charge >= 0.3 is 20.1 Å². The van der Waals surface area contributed by atoms with Gasteiger partial charge in [-0.15, -0.1) is 4.52 Å². The molecule has 1 rings (SSSR count). The summed E-state index contributed by atoms with van der Waals surface area (Å²) in [5.74, 6) is -0.426. The molecule has 2 atom stereocenters. The van der Waals surface area contributed by atoms with Gasteiger partial charge in [0.1, 0.15) is 6.61 Å². The van der Waals surface area contributed by atoms with E-state index in [0.717, 1.165) is 5.56 Å². The monoisotopic (exact) mass is 390 g/mol. The Bertz CT molecular complexity index is 580.